The summed E-state index contributed by atoms with van der Waals surface area (Å²) in [5.41, 5.74) is 1.34. The van der Waals surface area contributed by atoms with E-state index < -0.39 is 0 Å². The minimum atomic E-state index is 0.292. The number of hydrogen-bond acceptors (Lipinski definition) is 2. The molecule has 0 spiro atoms. The van der Waals surface area contributed by atoms with Gasteiger partial charge in [-0.3, -0.25) is 0 Å². The molecule has 0 bridgehead atoms. The van der Waals surface area contributed by atoms with E-state index in [0.29, 0.717) is 12.5 Å². The van der Waals surface area contributed by atoms with Gasteiger partial charge in [-0.05, 0) is 24.9 Å². The summed E-state index contributed by atoms with van der Waals surface area (Å²) in [5.74, 6) is 0.559. The lowest BCUT2D eigenvalue weighted by Crippen LogP contribution is -2.24. The van der Waals surface area contributed by atoms with Gasteiger partial charge in [0.25, 0.3) is 0 Å². The number of benzene rings is 1. The highest BCUT2D eigenvalue weighted by atomic mass is 16.3. The second-order valence-electron chi connectivity index (χ2n) is 4.30. The zero-order chi connectivity index (χ0) is 11.1. The Labute approximate surface area is 92.5 Å². The van der Waals surface area contributed by atoms with E-state index in [-0.39, 0.29) is 0 Å². The van der Waals surface area contributed by atoms with Crippen molar-refractivity contribution in [3.05, 3.63) is 35.9 Å². The Morgan fingerprint density at radius 1 is 1.27 bits per heavy atom. The first-order valence-electron chi connectivity index (χ1n) is 5.55. The lowest BCUT2D eigenvalue weighted by atomic mass is 10.1. The fourth-order valence-electron chi connectivity index (χ4n) is 1.80. The molecule has 0 fully saturated rings. The van der Waals surface area contributed by atoms with E-state index in [9.17, 15) is 0 Å². The average molecular weight is 207 g/mol. The van der Waals surface area contributed by atoms with Crippen LogP contribution in [0.25, 0.3) is 0 Å². The summed E-state index contributed by atoms with van der Waals surface area (Å²) in [6.45, 7) is 4.49. The summed E-state index contributed by atoms with van der Waals surface area (Å²) in [6, 6.07) is 10.5. The molecule has 1 atom stereocenters. The van der Waals surface area contributed by atoms with E-state index in [2.05, 4.69) is 43.1 Å². The predicted octanol–water partition coefficient (Wildman–Crippen LogP) is 2.14. The molecule has 0 aromatic heterocycles. The number of hydrogen-bond donors (Lipinski definition) is 1. The van der Waals surface area contributed by atoms with Crippen molar-refractivity contribution in [3.63, 3.8) is 0 Å². The number of nitrogens with zero attached hydrogens (tertiary/aromatic N) is 1. The van der Waals surface area contributed by atoms with Gasteiger partial charge in [0.1, 0.15) is 0 Å². The predicted molar refractivity (Wildman–Crippen MR) is 63.6 cm³/mol. The van der Waals surface area contributed by atoms with E-state index in [1.165, 1.54) is 5.56 Å². The van der Waals surface area contributed by atoms with Crippen LogP contribution in [0.4, 0.5) is 0 Å². The number of rotatable bonds is 6. The maximum absolute atomic E-state index is 8.82. The molecule has 0 aliphatic rings. The van der Waals surface area contributed by atoms with Crippen molar-refractivity contribution in [3.8, 4) is 0 Å². The Kier molecular flexibility index (Phi) is 5.37. The van der Waals surface area contributed by atoms with Crippen LogP contribution in [-0.4, -0.2) is 30.2 Å². The van der Waals surface area contributed by atoms with E-state index in [1.54, 1.807) is 0 Å². The SMILES string of the molecule is C[C@@H](CCO)CN(C)Cc1ccccc1. The molecule has 15 heavy (non-hydrogen) atoms. The van der Waals surface area contributed by atoms with E-state index >= 15 is 0 Å². The van der Waals surface area contributed by atoms with Gasteiger partial charge in [-0.15, -0.1) is 0 Å². The molecule has 1 aromatic rings. The van der Waals surface area contributed by atoms with E-state index in [1.807, 2.05) is 6.07 Å². The zero-order valence-corrected chi connectivity index (χ0v) is 9.69. The molecule has 0 aliphatic carbocycles. The van der Waals surface area contributed by atoms with Gasteiger partial charge in [0.2, 0.25) is 0 Å². The summed E-state index contributed by atoms with van der Waals surface area (Å²) in [7, 11) is 2.13. The molecule has 0 saturated heterocycles. The summed E-state index contributed by atoms with van der Waals surface area (Å²) >= 11 is 0. The fraction of sp³-hybridized carbons (Fsp3) is 0.538. The van der Waals surface area contributed by atoms with Crippen molar-refractivity contribution in [1.82, 2.24) is 4.90 Å². The van der Waals surface area contributed by atoms with Crippen molar-refractivity contribution < 1.29 is 5.11 Å². The topological polar surface area (TPSA) is 23.5 Å². The first-order valence-corrected chi connectivity index (χ1v) is 5.55. The fourth-order valence-corrected chi connectivity index (χ4v) is 1.80. The molecule has 0 radical (unpaired) electrons. The summed E-state index contributed by atoms with van der Waals surface area (Å²) in [5, 5.41) is 8.82. The molecule has 84 valence electrons. The molecule has 0 unspecified atom stereocenters. The van der Waals surface area contributed by atoms with Crippen molar-refractivity contribution in [1.29, 1.82) is 0 Å². The number of aliphatic hydroxyl groups excluding tert-OH is 1. The maximum Gasteiger partial charge on any atom is 0.0434 e. The molecule has 0 heterocycles. The molecule has 0 aliphatic heterocycles. The highest BCUT2D eigenvalue weighted by Crippen LogP contribution is 2.07. The van der Waals surface area contributed by atoms with Crippen molar-refractivity contribution in [2.75, 3.05) is 20.2 Å². The first kappa shape index (κ1) is 12.2. The van der Waals surface area contributed by atoms with Crippen LogP contribution >= 0.6 is 0 Å². The summed E-state index contributed by atoms with van der Waals surface area (Å²) < 4.78 is 0. The van der Waals surface area contributed by atoms with Crippen LogP contribution in [0.1, 0.15) is 18.9 Å². The van der Waals surface area contributed by atoms with Gasteiger partial charge in [0.05, 0.1) is 0 Å². The van der Waals surface area contributed by atoms with Crippen molar-refractivity contribution >= 4 is 0 Å². The molecular weight excluding hydrogens is 186 g/mol. The third kappa shape index (κ3) is 4.96. The Morgan fingerprint density at radius 3 is 2.53 bits per heavy atom. The maximum atomic E-state index is 8.82. The lowest BCUT2D eigenvalue weighted by molar-refractivity contribution is 0.221. The zero-order valence-electron chi connectivity index (χ0n) is 9.69. The van der Waals surface area contributed by atoms with E-state index in [4.69, 9.17) is 5.11 Å². The van der Waals surface area contributed by atoms with Crippen LogP contribution in [0.3, 0.4) is 0 Å². The standard InChI is InChI=1S/C13H21NO/c1-12(8-9-15)10-14(2)11-13-6-4-3-5-7-13/h3-7,12,15H,8-11H2,1-2H3/t12-/m0/s1. The van der Waals surface area contributed by atoms with Gasteiger partial charge in [-0.25, -0.2) is 0 Å². The van der Waals surface area contributed by atoms with Crippen LogP contribution in [0.2, 0.25) is 0 Å². The Balaban J connectivity index is 2.33. The normalized spacial score (nSPS) is 13.1. The van der Waals surface area contributed by atoms with Crippen LogP contribution in [0.15, 0.2) is 30.3 Å². The monoisotopic (exact) mass is 207 g/mol. The second-order valence-corrected chi connectivity index (χ2v) is 4.30. The molecule has 2 nitrogen and oxygen atoms in total. The van der Waals surface area contributed by atoms with Crippen LogP contribution < -0.4 is 0 Å². The second kappa shape index (κ2) is 6.59. The van der Waals surface area contributed by atoms with E-state index in [0.717, 1.165) is 19.5 Å². The third-order valence-electron chi connectivity index (χ3n) is 2.54. The molecule has 1 N–H and O–H groups in total. The Morgan fingerprint density at radius 2 is 1.93 bits per heavy atom. The smallest absolute Gasteiger partial charge is 0.0434 e. The first-order chi connectivity index (χ1) is 7.22. The Hall–Kier alpha value is -0.860. The molecule has 0 saturated carbocycles. The van der Waals surface area contributed by atoms with Crippen molar-refractivity contribution in [2.45, 2.75) is 19.9 Å². The lowest BCUT2D eigenvalue weighted by Gasteiger charge is -2.20. The van der Waals surface area contributed by atoms with Gasteiger partial charge >= 0.3 is 0 Å². The van der Waals surface area contributed by atoms with Gasteiger partial charge in [-0.1, -0.05) is 37.3 Å². The van der Waals surface area contributed by atoms with Crippen LogP contribution in [0, 0.1) is 5.92 Å². The van der Waals surface area contributed by atoms with Crippen molar-refractivity contribution in [2.24, 2.45) is 5.92 Å². The highest BCUT2D eigenvalue weighted by Gasteiger charge is 2.05. The van der Waals surface area contributed by atoms with Crippen LogP contribution in [-0.2, 0) is 6.54 Å². The summed E-state index contributed by atoms with van der Waals surface area (Å²) in [6.07, 6.45) is 0.888. The molecule has 1 rings (SSSR count). The van der Waals surface area contributed by atoms with Crippen LogP contribution in [0.5, 0.6) is 0 Å². The number of aliphatic hydroxyl groups is 1. The molecular formula is C13H21NO. The quantitative estimate of drug-likeness (QED) is 0.772. The van der Waals surface area contributed by atoms with Gasteiger partial charge in [0, 0.05) is 19.7 Å². The minimum Gasteiger partial charge on any atom is -0.396 e. The Bertz CT molecular complexity index is 260. The minimum absolute atomic E-state index is 0.292. The van der Waals surface area contributed by atoms with Gasteiger partial charge in [0.15, 0.2) is 0 Å². The largest absolute Gasteiger partial charge is 0.396 e. The summed E-state index contributed by atoms with van der Waals surface area (Å²) in [4.78, 5) is 2.30. The van der Waals surface area contributed by atoms with Gasteiger partial charge < -0.3 is 10.0 Å². The average Bonchev–Trinajstić information content (AvgIpc) is 2.19. The molecule has 0 amide bonds. The molecule has 2 heteroatoms. The molecule has 1 aromatic carbocycles. The van der Waals surface area contributed by atoms with Gasteiger partial charge in [-0.2, -0.15) is 0 Å². The highest BCUT2D eigenvalue weighted by molar-refractivity contribution is 5.14. The third-order valence-corrected chi connectivity index (χ3v) is 2.54.